The quantitative estimate of drug-likeness (QED) is 0.579. The van der Waals surface area contributed by atoms with Gasteiger partial charge in [-0.1, -0.05) is 20.3 Å². The summed E-state index contributed by atoms with van der Waals surface area (Å²) in [4.78, 5) is 38.1. The molecule has 0 saturated heterocycles. The van der Waals surface area contributed by atoms with Crippen molar-refractivity contribution in [3.05, 3.63) is 30.1 Å². The third kappa shape index (κ3) is 6.79. The van der Waals surface area contributed by atoms with E-state index in [9.17, 15) is 9.59 Å². The molecule has 2 rings (SSSR count). The van der Waals surface area contributed by atoms with Crippen LogP contribution in [0, 0.1) is 5.92 Å². The lowest BCUT2D eigenvalue weighted by atomic mass is 9.98. The number of amides is 1. The number of carbonyl (C=O) groups excluding carboxylic acids is 2. The second-order valence-electron chi connectivity index (χ2n) is 8.06. The van der Waals surface area contributed by atoms with Gasteiger partial charge in [0.1, 0.15) is 11.6 Å². The van der Waals surface area contributed by atoms with Crippen LogP contribution < -0.4 is 19.5 Å². The van der Waals surface area contributed by atoms with Gasteiger partial charge in [-0.05, 0) is 38.8 Å². The zero-order chi connectivity index (χ0) is 23.9. The van der Waals surface area contributed by atoms with Crippen LogP contribution in [0.3, 0.4) is 0 Å². The Balaban J connectivity index is 2.30. The summed E-state index contributed by atoms with van der Waals surface area (Å²) in [5.41, 5.74) is -0.718. The zero-order valence-electron chi connectivity index (χ0n) is 19.5. The van der Waals surface area contributed by atoms with Crippen molar-refractivity contribution >= 4 is 11.9 Å². The molecule has 0 aliphatic rings. The summed E-state index contributed by atoms with van der Waals surface area (Å²) in [6.45, 7) is 9.10. The van der Waals surface area contributed by atoms with E-state index in [1.165, 1.54) is 26.5 Å². The topological polar surface area (TPSA) is 122 Å². The number of nitrogens with zero attached hydrogens (tertiary/aromatic N) is 3. The molecule has 2 unspecified atom stereocenters. The fourth-order valence-electron chi connectivity index (χ4n) is 2.62. The number of rotatable bonds is 9. The smallest absolute Gasteiger partial charge is 0.329 e. The first kappa shape index (κ1) is 24.8. The average Bonchev–Trinajstić information content (AvgIpc) is 2.75. The van der Waals surface area contributed by atoms with Gasteiger partial charge in [0.25, 0.3) is 5.91 Å². The minimum Gasteiger partial charge on any atom is -0.481 e. The third-order valence-corrected chi connectivity index (χ3v) is 4.42. The van der Waals surface area contributed by atoms with Crippen molar-refractivity contribution in [2.75, 3.05) is 14.2 Å². The molecular weight excluding hydrogens is 416 g/mol. The van der Waals surface area contributed by atoms with E-state index < -0.39 is 23.5 Å². The zero-order valence-corrected chi connectivity index (χ0v) is 19.5. The van der Waals surface area contributed by atoms with Gasteiger partial charge in [-0.25, -0.2) is 9.78 Å². The summed E-state index contributed by atoms with van der Waals surface area (Å²) < 4.78 is 21.4. The largest absolute Gasteiger partial charge is 0.481 e. The summed E-state index contributed by atoms with van der Waals surface area (Å²) in [5, 5.41) is 2.73. The number of pyridine rings is 1. The fourth-order valence-corrected chi connectivity index (χ4v) is 2.62. The van der Waals surface area contributed by atoms with E-state index in [0.29, 0.717) is 6.42 Å². The van der Waals surface area contributed by atoms with E-state index in [1.54, 1.807) is 32.9 Å². The van der Waals surface area contributed by atoms with Gasteiger partial charge in [-0.15, -0.1) is 0 Å². The Morgan fingerprint density at radius 2 is 1.75 bits per heavy atom. The molecule has 0 aliphatic heterocycles. The van der Waals surface area contributed by atoms with E-state index in [2.05, 4.69) is 20.3 Å². The molecule has 0 fully saturated rings. The van der Waals surface area contributed by atoms with Crippen molar-refractivity contribution < 1.29 is 28.5 Å². The summed E-state index contributed by atoms with van der Waals surface area (Å²) in [7, 11) is 2.89. The number of nitrogens with one attached hydrogen (secondary N) is 1. The Kier molecular flexibility index (Phi) is 8.34. The van der Waals surface area contributed by atoms with E-state index in [0.717, 1.165) is 0 Å². The molecule has 0 spiro atoms. The molecule has 0 saturated carbocycles. The van der Waals surface area contributed by atoms with Crippen molar-refractivity contribution in [1.29, 1.82) is 0 Å². The Morgan fingerprint density at radius 3 is 2.28 bits per heavy atom. The summed E-state index contributed by atoms with van der Waals surface area (Å²) in [6.07, 6.45) is 2.10. The van der Waals surface area contributed by atoms with E-state index in [-0.39, 0.29) is 35.1 Å². The van der Waals surface area contributed by atoms with Gasteiger partial charge in [0.15, 0.2) is 11.4 Å². The SMILES string of the molecule is CCC(C)C(NC(=O)c1ncccc1Oc1nc(OC)cc(OC)n1)C(=O)OC(C)(C)C. The monoisotopic (exact) mass is 446 g/mol. The number of ether oxygens (including phenoxy) is 4. The lowest BCUT2D eigenvalue weighted by Crippen LogP contribution is -2.48. The highest BCUT2D eigenvalue weighted by atomic mass is 16.6. The molecule has 2 aromatic rings. The van der Waals surface area contributed by atoms with Crippen LogP contribution in [0.1, 0.15) is 51.5 Å². The molecule has 10 heteroatoms. The first-order valence-corrected chi connectivity index (χ1v) is 10.2. The molecule has 0 radical (unpaired) electrons. The van der Waals surface area contributed by atoms with Gasteiger partial charge in [0.2, 0.25) is 11.8 Å². The Labute approximate surface area is 187 Å². The molecule has 1 amide bonds. The van der Waals surface area contributed by atoms with E-state index in [4.69, 9.17) is 18.9 Å². The highest BCUT2D eigenvalue weighted by Gasteiger charge is 2.32. The van der Waals surface area contributed by atoms with Crippen LogP contribution in [0.15, 0.2) is 24.4 Å². The molecular formula is C22H30N4O6. The van der Waals surface area contributed by atoms with E-state index >= 15 is 0 Å². The highest BCUT2D eigenvalue weighted by molar-refractivity contribution is 5.97. The van der Waals surface area contributed by atoms with Crippen LogP contribution in [0.25, 0.3) is 0 Å². The molecule has 0 bridgehead atoms. The molecule has 2 heterocycles. The maximum atomic E-state index is 13.1. The van der Waals surface area contributed by atoms with Crippen LogP contribution in [-0.2, 0) is 9.53 Å². The van der Waals surface area contributed by atoms with Crippen LogP contribution in [-0.4, -0.2) is 52.7 Å². The molecule has 32 heavy (non-hydrogen) atoms. The van der Waals surface area contributed by atoms with Crippen molar-refractivity contribution in [3.63, 3.8) is 0 Å². The predicted molar refractivity (Wildman–Crippen MR) is 116 cm³/mol. The fraction of sp³-hybridized carbons (Fsp3) is 0.500. The molecule has 0 aromatic carbocycles. The number of hydrogen-bond acceptors (Lipinski definition) is 9. The van der Waals surface area contributed by atoms with Gasteiger partial charge < -0.3 is 24.3 Å². The molecule has 174 valence electrons. The van der Waals surface area contributed by atoms with Crippen molar-refractivity contribution in [3.8, 4) is 23.5 Å². The van der Waals surface area contributed by atoms with Gasteiger partial charge in [0.05, 0.1) is 20.3 Å². The van der Waals surface area contributed by atoms with Crippen molar-refractivity contribution in [1.82, 2.24) is 20.3 Å². The first-order valence-electron chi connectivity index (χ1n) is 10.2. The summed E-state index contributed by atoms with van der Waals surface area (Å²) in [6, 6.07) is 3.69. The third-order valence-electron chi connectivity index (χ3n) is 4.42. The van der Waals surface area contributed by atoms with Crippen molar-refractivity contribution in [2.45, 2.75) is 52.7 Å². The number of methoxy groups -OCH3 is 2. The molecule has 10 nitrogen and oxygen atoms in total. The Hall–Kier alpha value is -3.43. The second kappa shape index (κ2) is 10.7. The standard InChI is InChI=1S/C22H30N4O6/c1-8-13(2)17(20(28)32-22(3,4)5)26-19(27)18-14(10-9-11-23-18)31-21-24-15(29-6)12-16(25-21)30-7/h9-13,17H,8H2,1-7H3,(H,26,27). The highest BCUT2D eigenvalue weighted by Crippen LogP contribution is 2.26. The predicted octanol–water partition coefficient (Wildman–Crippen LogP) is 3.17. The van der Waals surface area contributed by atoms with Crippen LogP contribution in [0.5, 0.6) is 23.5 Å². The maximum absolute atomic E-state index is 13.1. The molecule has 0 aliphatic carbocycles. The number of carbonyl (C=O) groups is 2. The minimum absolute atomic E-state index is 0.0326. The maximum Gasteiger partial charge on any atom is 0.329 e. The van der Waals surface area contributed by atoms with Gasteiger partial charge in [-0.2, -0.15) is 9.97 Å². The lowest BCUT2D eigenvalue weighted by Gasteiger charge is -2.27. The summed E-state index contributed by atoms with van der Waals surface area (Å²) >= 11 is 0. The normalized spacial score (nSPS) is 13.0. The number of hydrogen-bond donors (Lipinski definition) is 1. The van der Waals surface area contributed by atoms with Crippen LogP contribution in [0.4, 0.5) is 0 Å². The summed E-state index contributed by atoms with van der Waals surface area (Å²) in [5.74, 6) is -0.710. The second-order valence-corrected chi connectivity index (χ2v) is 8.06. The van der Waals surface area contributed by atoms with Gasteiger partial charge >= 0.3 is 12.0 Å². The average molecular weight is 447 g/mol. The van der Waals surface area contributed by atoms with Crippen LogP contribution >= 0.6 is 0 Å². The van der Waals surface area contributed by atoms with Gasteiger partial charge in [-0.3, -0.25) is 4.79 Å². The molecule has 2 atom stereocenters. The minimum atomic E-state index is -0.852. The van der Waals surface area contributed by atoms with Crippen molar-refractivity contribution in [2.24, 2.45) is 5.92 Å². The van der Waals surface area contributed by atoms with E-state index in [1.807, 2.05) is 13.8 Å². The van der Waals surface area contributed by atoms with Crippen LogP contribution in [0.2, 0.25) is 0 Å². The molecule has 1 N–H and O–H groups in total. The Bertz CT molecular complexity index is 922. The first-order chi connectivity index (χ1) is 15.1. The lowest BCUT2D eigenvalue weighted by molar-refractivity contribution is -0.158. The number of esters is 1. The van der Waals surface area contributed by atoms with Gasteiger partial charge in [0, 0.05) is 6.20 Å². The number of aromatic nitrogens is 3. The Morgan fingerprint density at radius 1 is 1.12 bits per heavy atom. The molecule has 2 aromatic heterocycles.